The highest BCUT2D eigenvalue weighted by Gasteiger charge is 2.10. The first kappa shape index (κ1) is 12.8. The summed E-state index contributed by atoms with van der Waals surface area (Å²) in [6, 6.07) is 16.4. The summed E-state index contributed by atoms with van der Waals surface area (Å²) in [5.74, 6) is -0.207. The van der Waals surface area contributed by atoms with E-state index in [1.165, 1.54) is 6.07 Å². The number of halogens is 1. The van der Waals surface area contributed by atoms with Gasteiger partial charge in [-0.05, 0) is 35.7 Å². The second kappa shape index (κ2) is 5.39. The van der Waals surface area contributed by atoms with E-state index in [0.29, 0.717) is 12.0 Å². The average Bonchev–Trinajstić information content (AvgIpc) is 2.49. The molecule has 1 unspecified atom stereocenters. The number of nitrogens with two attached hydrogens (primary N) is 1. The fourth-order valence-electron chi connectivity index (χ4n) is 2.33. The Morgan fingerprint density at radius 2 is 1.90 bits per heavy atom. The van der Waals surface area contributed by atoms with Crippen molar-refractivity contribution in [2.45, 2.75) is 12.5 Å². The summed E-state index contributed by atoms with van der Waals surface area (Å²) in [6.07, 6.45) is 2.24. The second-order valence-corrected chi connectivity index (χ2v) is 4.86. The SMILES string of the molecule is NC(Cc1ccccc1F)c1ccc2cccnc2c1. The summed E-state index contributed by atoms with van der Waals surface area (Å²) in [4.78, 5) is 4.32. The first-order valence-corrected chi connectivity index (χ1v) is 6.58. The standard InChI is InChI=1S/C17H15FN2/c18-15-6-2-1-4-13(15)10-16(19)14-8-7-12-5-3-9-20-17(12)11-14/h1-9,11,16H,10,19H2. The van der Waals surface area contributed by atoms with Gasteiger partial charge in [-0.25, -0.2) is 4.39 Å². The first-order valence-electron chi connectivity index (χ1n) is 6.58. The minimum absolute atomic E-state index is 0.207. The van der Waals surface area contributed by atoms with E-state index in [4.69, 9.17) is 5.73 Å². The fraction of sp³-hybridized carbons (Fsp3) is 0.118. The molecule has 100 valence electrons. The number of pyridine rings is 1. The Bertz CT molecular complexity index is 740. The third kappa shape index (κ3) is 2.53. The number of fused-ring (bicyclic) bond motifs is 1. The van der Waals surface area contributed by atoms with Crippen molar-refractivity contribution >= 4 is 10.9 Å². The normalized spacial score (nSPS) is 12.5. The average molecular weight is 266 g/mol. The Labute approximate surface area is 117 Å². The Morgan fingerprint density at radius 3 is 2.75 bits per heavy atom. The van der Waals surface area contributed by atoms with Crippen molar-refractivity contribution in [2.75, 3.05) is 0 Å². The highest BCUT2D eigenvalue weighted by atomic mass is 19.1. The van der Waals surface area contributed by atoms with Gasteiger partial charge in [-0.2, -0.15) is 0 Å². The monoisotopic (exact) mass is 266 g/mol. The maximum atomic E-state index is 13.7. The van der Waals surface area contributed by atoms with Gasteiger partial charge in [0, 0.05) is 17.6 Å². The number of hydrogen-bond acceptors (Lipinski definition) is 2. The van der Waals surface area contributed by atoms with Crippen LogP contribution in [0.25, 0.3) is 10.9 Å². The molecule has 0 radical (unpaired) electrons. The van der Waals surface area contributed by atoms with Crippen molar-refractivity contribution in [2.24, 2.45) is 5.73 Å². The quantitative estimate of drug-likeness (QED) is 0.786. The summed E-state index contributed by atoms with van der Waals surface area (Å²) in [5, 5.41) is 1.08. The third-order valence-electron chi connectivity index (χ3n) is 3.46. The molecule has 1 heterocycles. The van der Waals surface area contributed by atoms with Crippen molar-refractivity contribution in [3.8, 4) is 0 Å². The van der Waals surface area contributed by atoms with Crippen LogP contribution in [0.4, 0.5) is 4.39 Å². The molecule has 1 atom stereocenters. The minimum Gasteiger partial charge on any atom is -0.324 e. The molecule has 0 aliphatic rings. The zero-order valence-electron chi connectivity index (χ0n) is 11.0. The zero-order chi connectivity index (χ0) is 13.9. The van der Waals surface area contributed by atoms with Crippen LogP contribution in [0.5, 0.6) is 0 Å². The molecule has 3 heteroatoms. The molecule has 1 aromatic heterocycles. The lowest BCUT2D eigenvalue weighted by atomic mass is 9.98. The number of hydrogen-bond donors (Lipinski definition) is 1. The molecular weight excluding hydrogens is 251 g/mol. The molecule has 2 aromatic carbocycles. The van der Waals surface area contributed by atoms with Crippen LogP contribution in [0, 0.1) is 5.82 Å². The molecule has 0 aliphatic heterocycles. The lowest BCUT2D eigenvalue weighted by Crippen LogP contribution is -2.14. The van der Waals surface area contributed by atoms with Crippen molar-refractivity contribution < 1.29 is 4.39 Å². The lowest BCUT2D eigenvalue weighted by molar-refractivity contribution is 0.593. The Kier molecular flexibility index (Phi) is 3.44. The second-order valence-electron chi connectivity index (χ2n) is 4.86. The molecule has 3 aromatic rings. The smallest absolute Gasteiger partial charge is 0.126 e. The number of rotatable bonds is 3. The highest BCUT2D eigenvalue weighted by Crippen LogP contribution is 2.21. The van der Waals surface area contributed by atoms with E-state index < -0.39 is 0 Å². The molecule has 0 bridgehead atoms. The van der Waals surface area contributed by atoms with E-state index in [0.717, 1.165) is 16.5 Å². The molecule has 3 rings (SSSR count). The summed E-state index contributed by atoms with van der Waals surface area (Å²) < 4.78 is 13.7. The molecule has 2 N–H and O–H groups in total. The van der Waals surface area contributed by atoms with Gasteiger partial charge >= 0.3 is 0 Å². The Balaban J connectivity index is 1.89. The van der Waals surface area contributed by atoms with Gasteiger partial charge in [0.25, 0.3) is 0 Å². The lowest BCUT2D eigenvalue weighted by Gasteiger charge is -2.13. The molecular formula is C17H15FN2. The van der Waals surface area contributed by atoms with Crippen LogP contribution >= 0.6 is 0 Å². The van der Waals surface area contributed by atoms with Crippen LogP contribution in [0.15, 0.2) is 60.8 Å². The summed E-state index contributed by atoms with van der Waals surface area (Å²) in [6.45, 7) is 0. The van der Waals surface area contributed by atoms with E-state index in [1.807, 2.05) is 36.4 Å². The van der Waals surface area contributed by atoms with Gasteiger partial charge in [0.2, 0.25) is 0 Å². The van der Waals surface area contributed by atoms with Crippen LogP contribution in [-0.4, -0.2) is 4.98 Å². The molecule has 2 nitrogen and oxygen atoms in total. The number of nitrogens with zero attached hydrogens (tertiary/aromatic N) is 1. The van der Waals surface area contributed by atoms with Crippen LogP contribution in [0.1, 0.15) is 17.2 Å². The van der Waals surface area contributed by atoms with Gasteiger partial charge in [-0.15, -0.1) is 0 Å². The van der Waals surface area contributed by atoms with Crippen molar-refractivity contribution in [3.63, 3.8) is 0 Å². The summed E-state index contributed by atoms with van der Waals surface area (Å²) in [7, 11) is 0. The molecule has 0 fully saturated rings. The highest BCUT2D eigenvalue weighted by molar-refractivity contribution is 5.78. The van der Waals surface area contributed by atoms with Crippen molar-refractivity contribution in [3.05, 3.63) is 77.7 Å². The topological polar surface area (TPSA) is 38.9 Å². The molecule has 0 saturated carbocycles. The van der Waals surface area contributed by atoms with E-state index >= 15 is 0 Å². The number of aromatic nitrogens is 1. The zero-order valence-corrected chi connectivity index (χ0v) is 11.0. The van der Waals surface area contributed by atoms with Crippen molar-refractivity contribution in [1.29, 1.82) is 0 Å². The van der Waals surface area contributed by atoms with Gasteiger partial charge in [-0.1, -0.05) is 36.4 Å². The molecule has 0 saturated heterocycles. The summed E-state index contributed by atoms with van der Waals surface area (Å²) in [5.41, 5.74) is 8.72. The minimum atomic E-state index is -0.238. The Hall–Kier alpha value is -2.26. The van der Waals surface area contributed by atoms with E-state index in [1.54, 1.807) is 18.3 Å². The van der Waals surface area contributed by atoms with Gasteiger partial charge in [0.05, 0.1) is 5.52 Å². The van der Waals surface area contributed by atoms with Gasteiger partial charge < -0.3 is 5.73 Å². The molecule has 0 amide bonds. The summed E-state index contributed by atoms with van der Waals surface area (Å²) >= 11 is 0. The predicted molar refractivity (Wildman–Crippen MR) is 78.8 cm³/mol. The van der Waals surface area contributed by atoms with Gasteiger partial charge in [0.15, 0.2) is 0 Å². The Morgan fingerprint density at radius 1 is 1.05 bits per heavy atom. The maximum absolute atomic E-state index is 13.7. The van der Waals surface area contributed by atoms with Crippen LogP contribution in [-0.2, 0) is 6.42 Å². The van der Waals surface area contributed by atoms with E-state index in [9.17, 15) is 4.39 Å². The number of benzene rings is 2. The first-order chi connectivity index (χ1) is 9.74. The van der Waals surface area contributed by atoms with Crippen LogP contribution in [0.2, 0.25) is 0 Å². The van der Waals surface area contributed by atoms with E-state index in [-0.39, 0.29) is 11.9 Å². The van der Waals surface area contributed by atoms with Crippen molar-refractivity contribution in [1.82, 2.24) is 4.98 Å². The maximum Gasteiger partial charge on any atom is 0.126 e. The van der Waals surface area contributed by atoms with Crippen LogP contribution < -0.4 is 5.73 Å². The molecule has 0 aliphatic carbocycles. The van der Waals surface area contributed by atoms with Gasteiger partial charge in [0.1, 0.15) is 5.82 Å². The van der Waals surface area contributed by atoms with Crippen LogP contribution in [0.3, 0.4) is 0 Å². The van der Waals surface area contributed by atoms with Gasteiger partial charge in [-0.3, -0.25) is 4.98 Å². The molecule has 0 spiro atoms. The van der Waals surface area contributed by atoms with E-state index in [2.05, 4.69) is 4.98 Å². The largest absolute Gasteiger partial charge is 0.324 e. The molecule has 20 heavy (non-hydrogen) atoms. The third-order valence-corrected chi connectivity index (χ3v) is 3.46. The predicted octanol–water partition coefficient (Wildman–Crippen LogP) is 3.62. The fourth-order valence-corrected chi connectivity index (χ4v) is 2.33.